The quantitative estimate of drug-likeness (QED) is 0.645. The molecule has 0 aliphatic carbocycles. The van der Waals surface area contributed by atoms with Gasteiger partial charge in [0.05, 0.1) is 0 Å². The van der Waals surface area contributed by atoms with Crippen LogP contribution >= 0.6 is 0 Å². The normalized spacial score (nSPS) is 25.7. The van der Waals surface area contributed by atoms with E-state index in [0.717, 1.165) is 26.1 Å². The van der Waals surface area contributed by atoms with Crippen molar-refractivity contribution in [1.29, 1.82) is 0 Å². The third-order valence-electron chi connectivity index (χ3n) is 2.61. The number of ketones is 1. The Morgan fingerprint density at radius 3 is 2.92 bits per heavy atom. The van der Waals surface area contributed by atoms with Crippen LogP contribution in [0.1, 0.15) is 33.1 Å². The van der Waals surface area contributed by atoms with Gasteiger partial charge < -0.3 is 4.74 Å². The van der Waals surface area contributed by atoms with E-state index in [0.29, 0.717) is 18.1 Å². The van der Waals surface area contributed by atoms with Gasteiger partial charge in [0.1, 0.15) is 5.78 Å². The van der Waals surface area contributed by atoms with Gasteiger partial charge in [0, 0.05) is 25.6 Å². The van der Waals surface area contributed by atoms with E-state index in [1.807, 2.05) is 13.8 Å². The van der Waals surface area contributed by atoms with Gasteiger partial charge in [-0.2, -0.15) is 0 Å². The van der Waals surface area contributed by atoms with Crippen LogP contribution in [0, 0.1) is 11.8 Å². The van der Waals surface area contributed by atoms with E-state index in [4.69, 9.17) is 4.74 Å². The summed E-state index contributed by atoms with van der Waals surface area (Å²) >= 11 is 0. The van der Waals surface area contributed by atoms with Crippen LogP contribution in [0.25, 0.3) is 0 Å². The maximum atomic E-state index is 11.3. The molecule has 1 fully saturated rings. The fourth-order valence-electron chi connectivity index (χ4n) is 1.75. The van der Waals surface area contributed by atoms with Crippen LogP contribution in [-0.2, 0) is 9.53 Å². The molecule has 1 saturated heterocycles. The molecule has 0 aromatic heterocycles. The maximum absolute atomic E-state index is 11.3. The lowest BCUT2D eigenvalue weighted by molar-refractivity contribution is -0.122. The summed E-state index contributed by atoms with van der Waals surface area (Å²) in [5, 5.41) is 0. The average molecular weight is 170 g/mol. The minimum absolute atomic E-state index is 0.238. The molecule has 0 spiro atoms. The molecule has 12 heavy (non-hydrogen) atoms. The molecule has 70 valence electrons. The molecule has 0 aromatic carbocycles. The lowest BCUT2D eigenvalue weighted by Gasteiger charge is -2.12. The average Bonchev–Trinajstić information content (AvgIpc) is 2.55. The van der Waals surface area contributed by atoms with E-state index in [2.05, 4.69) is 0 Å². The third kappa shape index (κ3) is 2.59. The molecule has 1 rings (SSSR count). The zero-order valence-electron chi connectivity index (χ0n) is 8.01. The molecule has 0 radical (unpaired) electrons. The SMILES string of the molecule is CCC(=O)C(C)CC1CCOC1. The molecule has 2 nitrogen and oxygen atoms in total. The first kappa shape index (κ1) is 9.72. The zero-order valence-corrected chi connectivity index (χ0v) is 8.01. The van der Waals surface area contributed by atoms with Gasteiger partial charge in [-0.05, 0) is 18.8 Å². The van der Waals surface area contributed by atoms with Gasteiger partial charge in [-0.1, -0.05) is 13.8 Å². The predicted molar refractivity (Wildman–Crippen MR) is 48.0 cm³/mol. The van der Waals surface area contributed by atoms with Crippen molar-refractivity contribution in [1.82, 2.24) is 0 Å². The summed E-state index contributed by atoms with van der Waals surface area (Å²) in [5.74, 6) is 1.26. The van der Waals surface area contributed by atoms with Crippen LogP contribution in [0.3, 0.4) is 0 Å². The van der Waals surface area contributed by atoms with E-state index in [-0.39, 0.29) is 5.92 Å². The molecule has 0 bridgehead atoms. The monoisotopic (exact) mass is 170 g/mol. The Labute approximate surface area is 74.3 Å². The molecule has 0 N–H and O–H groups in total. The molecule has 1 aliphatic heterocycles. The second kappa shape index (κ2) is 4.61. The highest BCUT2D eigenvalue weighted by molar-refractivity contribution is 5.80. The van der Waals surface area contributed by atoms with Crippen molar-refractivity contribution in [3.8, 4) is 0 Å². The molecule has 2 unspecified atom stereocenters. The number of rotatable bonds is 4. The smallest absolute Gasteiger partial charge is 0.135 e. The van der Waals surface area contributed by atoms with Crippen molar-refractivity contribution in [3.05, 3.63) is 0 Å². The standard InChI is InChI=1S/C10H18O2/c1-3-10(11)8(2)6-9-4-5-12-7-9/h8-9H,3-7H2,1-2H3. The van der Waals surface area contributed by atoms with Gasteiger partial charge in [-0.15, -0.1) is 0 Å². The number of Topliss-reactive ketones (excluding diaryl/α,β-unsaturated/α-hetero) is 1. The fourth-order valence-corrected chi connectivity index (χ4v) is 1.75. The molecule has 2 atom stereocenters. The van der Waals surface area contributed by atoms with E-state index >= 15 is 0 Å². The number of carbonyl (C=O) groups is 1. The first-order valence-electron chi connectivity index (χ1n) is 4.84. The van der Waals surface area contributed by atoms with Crippen molar-refractivity contribution in [3.63, 3.8) is 0 Å². The minimum Gasteiger partial charge on any atom is -0.381 e. The molecule has 0 saturated carbocycles. The van der Waals surface area contributed by atoms with Crippen molar-refractivity contribution < 1.29 is 9.53 Å². The van der Waals surface area contributed by atoms with Gasteiger partial charge >= 0.3 is 0 Å². The van der Waals surface area contributed by atoms with Crippen LogP contribution in [0.5, 0.6) is 0 Å². The summed E-state index contributed by atoms with van der Waals surface area (Å²) in [5.41, 5.74) is 0. The Kier molecular flexibility index (Phi) is 3.73. The third-order valence-corrected chi connectivity index (χ3v) is 2.61. The maximum Gasteiger partial charge on any atom is 0.135 e. The summed E-state index contributed by atoms with van der Waals surface area (Å²) in [4.78, 5) is 11.3. The summed E-state index contributed by atoms with van der Waals surface area (Å²) in [6.45, 7) is 5.72. The molecule has 1 aliphatic rings. The van der Waals surface area contributed by atoms with Crippen LogP contribution in [0.15, 0.2) is 0 Å². The van der Waals surface area contributed by atoms with Gasteiger partial charge in [-0.25, -0.2) is 0 Å². The molecule has 0 aromatic rings. The Hall–Kier alpha value is -0.370. The molecular weight excluding hydrogens is 152 g/mol. The Morgan fingerprint density at radius 2 is 2.42 bits per heavy atom. The number of ether oxygens (including phenoxy) is 1. The van der Waals surface area contributed by atoms with Crippen LogP contribution in [0.4, 0.5) is 0 Å². The summed E-state index contributed by atoms with van der Waals surface area (Å²) < 4.78 is 5.26. The Bertz CT molecular complexity index is 148. The molecule has 1 heterocycles. The van der Waals surface area contributed by atoms with E-state index in [9.17, 15) is 4.79 Å². The number of hydrogen-bond donors (Lipinski definition) is 0. The summed E-state index contributed by atoms with van der Waals surface area (Å²) in [7, 11) is 0. The Morgan fingerprint density at radius 1 is 1.67 bits per heavy atom. The van der Waals surface area contributed by atoms with Crippen LogP contribution < -0.4 is 0 Å². The fraction of sp³-hybridized carbons (Fsp3) is 0.900. The predicted octanol–water partition coefficient (Wildman–Crippen LogP) is 2.03. The van der Waals surface area contributed by atoms with Gasteiger partial charge in [-0.3, -0.25) is 4.79 Å². The molecule has 2 heteroatoms. The second-order valence-corrected chi connectivity index (χ2v) is 3.69. The van der Waals surface area contributed by atoms with Crippen molar-refractivity contribution in [2.24, 2.45) is 11.8 Å². The molecule has 0 amide bonds. The first-order valence-corrected chi connectivity index (χ1v) is 4.84. The van der Waals surface area contributed by atoms with E-state index in [1.54, 1.807) is 0 Å². The Balaban J connectivity index is 2.24. The van der Waals surface area contributed by atoms with Gasteiger partial charge in [0.2, 0.25) is 0 Å². The highest BCUT2D eigenvalue weighted by Crippen LogP contribution is 2.21. The molecular formula is C10H18O2. The lowest BCUT2D eigenvalue weighted by atomic mass is 9.91. The highest BCUT2D eigenvalue weighted by atomic mass is 16.5. The number of carbonyl (C=O) groups excluding carboxylic acids is 1. The van der Waals surface area contributed by atoms with Gasteiger partial charge in [0.25, 0.3) is 0 Å². The van der Waals surface area contributed by atoms with Gasteiger partial charge in [0.15, 0.2) is 0 Å². The van der Waals surface area contributed by atoms with Crippen molar-refractivity contribution in [2.45, 2.75) is 33.1 Å². The first-order chi connectivity index (χ1) is 5.74. The lowest BCUT2D eigenvalue weighted by Crippen LogP contribution is -2.14. The van der Waals surface area contributed by atoms with E-state index in [1.165, 1.54) is 0 Å². The van der Waals surface area contributed by atoms with Crippen molar-refractivity contribution >= 4 is 5.78 Å². The zero-order chi connectivity index (χ0) is 8.97. The van der Waals surface area contributed by atoms with E-state index < -0.39 is 0 Å². The highest BCUT2D eigenvalue weighted by Gasteiger charge is 2.21. The van der Waals surface area contributed by atoms with Crippen molar-refractivity contribution in [2.75, 3.05) is 13.2 Å². The largest absolute Gasteiger partial charge is 0.381 e. The number of hydrogen-bond acceptors (Lipinski definition) is 2. The summed E-state index contributed by atoms with van der Waals surface area (Å²) in [6, 6.07) is 0. The topological polar surface area (TPSA) is 26.3 Å². The second-order valence-electron chi connectivity index (χ2n) is 3.69. The van der Waals surface area contributed by atoms with Crippen LogP contribution in [-0.4, -0.2) is 19.0 Å². The van der Waals surface area contributed by atoms with Crippen LogP contribution in [0.2, 0.25) is 0 Å². The summed E-state index contributed by atoms with van der Waals surface area (Å²) in [6.07, 6.45) is 2.84. The minimum atomic E-state index is 0.238.